The maximum absolute atomic E-state index is 13.8. The molecule has 0 aliphatic carbocycles. The average Bonchev–Trinajstić information content (AvgIpc) is 3.28. The molecule has 8 heteroatoms. The number of hydrogen-bond donors (Lipinski definition) is 0. The van der Waals surface area contributed by atoms with E-state index in [0.29, 0.717) is 31.6 Å². The highest BCUT2D eigenvalue weighted by molar-refractivity contribution is 7.89. The van der Waals surface area contributed by atoms with Crippen LogP contribution in [0.2, 0.25) is 0 Å². The van der Waals surface area contributed by atoms with Crippen molar-refractivity contribution < 1.29 is 17.7 Å². The number of anilines is 1. The van der Waals surface area contributed by atoms with E-state index in [4.69, 9.17) is 4.52 Å². The minimum Gasteiger partial charge on any atom is -0.355 e. The molecule has 0 bridgehead atoms. The molecule has 2 aliphatic rings. The van der Waals surface area contributed by atoms with Crippen LogP contribution in [0.25, 0.3) is 12.2 Å². The lowest BCUT2D eigenvalue weighted by molar-refractivity contribution is -0.123. The van der Waals surface area contributed by atoms with E-state index in [1.54, 1.807) is 13.0 Å². The van der Waals surface area contributed by atoms with Crippen LogP contribution in [0.4, 0.5) is 5.69 Å². The lowest BCUT2D eigenvalue weighted by Gasteiger charge is -2.36. The topological polar surface area (TPSA) is 83.7 Å². The van der Waals surface area contributed by atoms with Gasteiger partial charge in [0.1, 0.15) is 5.69 Å². The Morgan fingerprint density at radius 1 is 1.03 bits per heavy atom. The van der Waals surface area contributed by atoms with E-state index in [-0.39, 0.29) is 29.0 Å². The number of sulfonamides is 1. The van der Waals surface area contributed by atoms with Crippen LogP contribution in [-0.2, 0) is 21.2 Å². The smallest absolute Gasteiger partial charge is 0.248 e. The summed E-state index contributed by atoms with van der Waals surface area (Å²) in [6, 6.07) is 15.9. The molecule has 1 fully saturated rings. The van der Waals surface area contributed by atoms with Gasteiger partial charge in [0, 0.05) is 25.3 Å². The summed E-state index contributed by atoms with van der Waals surface area (Å²) in [6.07, 6.45) is 6.63. The number of piperidine rings is 1. The van der Waals surface area contributed by atoms with Crippen molar-refractivity contribution in [3.63, 3.8) is 0 Å². The lowest BCUT2D eigenvalue weighted by Crippen LogP contribution is -2.48. The van der Waals surface area contributed by atoms with E-state index in [1.165, 1.54) is 9.87 Å². The summed E-state index contributed by atoms with van der Waals surface area (Å²) in [5.41, 5.74) is 4.52. The molecule has 0 N–H and O–H groups in total. The third-order valence-electron chi connectivity index (χ3n) is 7.05. The Morgan fingerprint density at radius 2 is 1.81 bits per heavy atom. The minimum absolute atomic E-state index is 0.00332. The number of benzene rings is 2. The first-order valence-corrected chi connectivity index (χ1v) is 13.9. The molecule has 1 saturated heterocycles. The largest absolute Gasteiger partial charge is 0.355 e. The number of aryl methyl sites for hydroxylation is 3. The van der Waals surface area contributed by atoms with Gasteiger partial charge in [-0.15, -0.1) is 0 Å². The molecule has 5 rings (SSSR count). The van der Waals surface area contributed by atoms with Crippen molar-refractivity contribution in [2.45, 2.75) is 44.4 Å². The number of fused-ring (bicyclic) bond motifs is 1. The zero-order valence-corrected chi connectivity index (χ0v) is 21.5. The third kappa shape index (κ3) is 4.75. The fourth-order valence-corrected chi connectivity index (χ4v) is 6.90. The Balaban J connectivity index is 1.37. The summed E-state index contributed by atoms with van der Waals surface area (Å²) in [5.74, 6) is -0.179. The van der Waals surface area contributed by atoms with Gasteiger partial charge in [-0.2, -0.15) is 4.31 Å². The van der Waals surface area contributed by atoms with Crippen molar-refractivity contribution in [1.82, 2.24) is 9.46 Å². The molecule has 188 valence electrons. The summed E-state index contributed by atoms with van der Waals surface area (Å²) >= 11 is 0. The summed E-state index contributed by atoms with van der Waals surface area (Å²) in [4.78, 5) is 15.5. The maximum Gasteiger partial charge on any atom is 0.248 e. The highest BCUT2D eigenvalue weighted by atomic mass is 32.2. The predicted octanol–water partition coefficient (Wildman–Crippen LogP) is 4.84. The van der Waals surface area contributed by atoms with Crippen LogP contribution in [0.3, 0.4) is 0 Å². The van der Waals surface area contributed by atoms with Crippen LogP contribution in [0, 0.1) is 19.8 Å². The van der Waals surface area contributed by atoms with Crippen molar-refractivity contribution in [2.75, 3.05) is 24.5 Å². The third-order valence-corrected chi connectivity index (χ3v) is 9.07. The first-order chi connectivity index (χ1) is 17.3. The predicted molar refractivity (Wildman–Crippen MR) is 140 cm³/mol. The second kappa shape index (κ2) is 10.0. The number of rotatable bonds is 5. The fourth-order valence-electron chi connectivity index (χ4n) is 5.12. The number of hydrogen-bond acceptors (Lipinski definition) is 5. The van der Waals surface area contributed by atoms with Gasteiger partial charge in [-0.1, -0.05) is 59.3 Å². The van der Waals surface area contributed by atoms with Gasteiger partial charge in [-0.25, -0.2) is 8.42 Å². The highest BCUT2D eigenvalue weighted by Gasteiger charge is 2.38. The van der Waals surface area contributed by atoms with Crippen molar-refractivity contribution in [1.29, 1.82) is 0 Å². The summed E-state index contributed by atoms with van der Waals surface area (Å²) in [5, 5.41) is 3.95. The van der Waals surface area contributed by atoms with Gasteiger partial charge >= 0.3 is 0 Å². The quantitative estimate of drug-likeness (QED) is 0.495. The molecule has 0 unspecified atom stereocenters. The van der Waals surface area contributed by atoms with Crippen molar-refractivity contribution >= 4 is 33.8 Å². The molecule has 1 atom stereocenters. The summed E-state index contributed by atoms with van der Waals surface area (Å²) < 4.78 is 34.3. The molecule has 2 aromatic carbocycles. The molecule has 0 radical (unpaired) electrons. The molecule has 1 aromatic heterocycles. The number of para-hydroxylation sites is 1. The molecule has 0 spiro atoms. The van der Waals surface area contributed by atoms with Gasteiger partial charge in [-0.3, -0.25) is 4.79 Å². The number of amides is 1. The van der Waals surface area contributed by atoms with Gasteiger partial charge in [0.15, 0.2) is 10.7 Å². The maximum atomic E-state index is 13.8. The van der Waals surface area contributed by atoms with Crippen LogP contribution >= 0.6 is 0 Å². The first-order valence-electron chi connectivity index (χ1n) is 12.4. The van der Waals surface area contributed by atoms with E-state index >= 15 is 0 Å². The lowest BCUT2D eigenvalue weighted by atomic mass is 9.95. The Labute approximate surface area is 212 Å². The first kappa shape index (κ1) is 24.5. The molecular formula is C28H31N3O4S. The van der Waals surface area contributed by atoms with E-state index in [2.05, 4.69) is 11.2 Å². The van der Waals surface area contributed by atoms with Crippen molar-refractivity contribution in [2.24, 2.45) is 5.92 Å². The Bertz CT molecular complexity index is 1390. The van der Waals surface area contributed by atoms with E-state index in [0.717, 1.165) is 29.7 Å². The van der Waals surface area contributed by atoms with Gasteiger partial charge in [0.25, 0.3) is 0 Å². The van der Waals surface area contributed by atoms with Crippen LogP contribution in [0.1, 0.15) is 47.4 Å². The zero-order valence-electron chi connectivity index (χ0n) is 20.7. The number of carbonyl (C=O) groups is 1. The van der Waals surface area contributed by atoms with E-state index < -0.39 is 10.0 Å². The Hall–Kier alpha value is -3.23. The van der Waals surface area contributed by atoms with Gasteiger partial charge in [0.2, 0.25) is 15.9 Å². The fraction of sp³-hybridized carbons (Fsp3) is 0.357. The van der Waals surface area contributed by atoms with E-state index in [9.17, 15) is 13.2 Å². The monoisotopic (exact) mass is 505 g/mol. The molecular weight excluding hydrogens is 474 g/mol. The van der Waals surface area contributed by atoms with Crippen molar-refractivity contribution in [3.05, 3.63) is 76.7 Å². The molecule has 7 nitrogen and oxygen atoms in total. The Kier molecular flexibility index (Phi) is 6.81. The van der Waals surface area contributed by atoms with E-state index in [1.807, 2.05) is 60.4 Å². The van der Waals surface area contributed by atoms with Crippen LogP contribution in [0.5, 0.6) is 0 Å². The zero-order chi connectivity index (χ0) is 25.3. The molecule has 0 saturated carbocycles. The molecule has 1 amide bonds. The molecule has 2 aliphatic heterocycles. The minimum atomic E-state index is -3.89. The van der Waals surface area contributed by atoms with Gasteiger partial charge < -0.3 is 9.42 Å². The Morgan fingerprint density at radius 3 is 2.61 bits per heavy atom. The normalized spacial score (nSPS) is 18.9. The van der Waals surface area contributed by atoms with Crippen LogP contribution < -0.4 is 4.90 Å². The second-order valence-electron chi connectivity index (χ2n) is 9.63. The van der Waals surface area contributed by atoms with Crippen LogP contribution in [-0.4, -0.2) is 43.4 Å². The molecule has 36 heavy (non-hydrogen) atoms. The summed E-state index contributed by atoms with van der Waals surface area (Å²) in [6.45, 7) is 4.84. The van der Waals surface area contributed by atoms with Crippen LogP contribution in [0.15, 0.2) is 57.9 Å². The average molecular weight is 506 g/mol. The SMILES string of the molecule is Cc1ccc(/C=C/c2onc(C)c2S(=O)(=O)N2CCC[C@@H](C(=O)N3CCCc4ccccc43)C2)cc1. The highest BCUT2D eigenvalue weighted by Crippen LogP contribution is 2.33. The van der Waals surface area contributed by atoms with Gasteiger partial charge in [-0.05, 0) is 62.8 Å². The standard InChI is InChI=1S/C28H31N3O4S/c1-20-11-13-22(14-12-20)15-16-26-27(21(2)29-35-26)36(33,34)30-17-5-9-24(19-30)28(32)31-18-6-8-23-7-3-4-10-25(23)31/h3-4,7,10-16,24H,5-6,8-9,17-19H2,1-2H3/b16-15+/t24-/m1/s1. The number of nitrogens with zero attached hydrogens (tertiary/aromatic N) is 3. The van der Waals surface area contributed by atoms with Crippen molar-refractivity contribution in [3.8, 4) is 0 Å². The molecule has 3 heterocycles. The second-order valence-corrected chi connectivity index (χ2v) is 11.5. The number of aromatic nitrogens is 1. The van der Waals surface area contributed by atoms with Gasteiger partial charge in [0.05, 0.1) is 5.92 Å². The number of carbonyl (C=O) groups excluding carboxylic acids is 1. The molecule has 3 aromatic rings. The summed E-state index contributed by atoms with van der Waals surface area (Å²) in [7, 11) is -3.89.